The van der Waals surface area contributed by atoms with Crippen LogP contribution in [0.15, 0.2) is 36.4 Å². The molecule has 0 unspecified atom stereocenters. The fourth-order valence-electron chi connectivity index (χ4n) is 1.64. The molecular formula is C15H11Cl3O3. The quantitative estimate of drug-likeness (QED) is 0.551. The third kappa shape index (κ3) is 4.53. The van der Waals surface area contributed by atoms with E-state index < -0.39 is 0 Å². The molecule has 0 saturated heterocycles. The summed E-state index contributed by atoms with van der Waals surface area (Å²) in [5, 5.41) is 1.46. The Hall–Kier alpha value is -1.42. The van der Waals surface area contributed by atoms with Gasteiger partial charge in [-0.15, -0.1) is 0 Å². The summed E-state index contributed by atoms with van der Waals surface area (Å²) in [6, 6.07) is 9.81. The number of hydrogen-bond acceptors (Lipinski definition) is 3. The highest BCUT2D eigenvalue weighted by molar-refractivity contribution is 6.35. The van der Waals surface area contributed by atoms with Crippen LogP contribution in [0.2, 0.25) is 15.1 Å². The minimum Gasteiger partial charge on any atom is -0.489 e. The summed E-state index contributed by atoms with van der Waals surface area (Å²) in [6.45, 7) is 0.545. The van der Waals surface area contributed by atoms with Crippen LogP contribution in [0, 0.1) is 0 Å². The van der Waals surface area contributed by atoms with Gasteiger partial charge in [0.2, 0.25) is 0 Å². The van der Waals surface area contributed by atoms with Gasteiger partial charge in [-0.1, -0.05) is 34.8 Å². The van der Waals surface area contributed by atoms with Gasteiger partial charge >= 0.3 is 0 Å². The summed E-state index contributed by atoms with van der Waals surface area (Å²) < 4.78 is 11.0. The van der Waals surface area contributed by atoms with Crippen LogP contribution in [0.25, 0.3) is 0 Å². The Bertz CT molecular complexity index is 644. The van der Waals surface area contributed by atoms with Gasteiger partial charge in [0.25, 0.3) is 0 Å². The van der Waals surface area contributed by atoms with Crippen LogP contribution in [0.3, 0.4) is 0 Å². The summed E-state index contributed by atoms with van der Waals surface area (Å²) in [7, 11) is 0. The molecule has 0 amide bonds. The highest BCUT2D eigenvalue weighted by Gasteiger charge is 2.05. The van der Waals surface area contributed by atoms with Crippen molar-refractivity contribution in [2.45, 2.75) is 0 Å². The maximum Gasteiger partial charge on any atom is 0.153 e. The van der Waals surface area contributed by atoms with Crippen LogP contribution in [-0.2, 0) is 0 Å². The molecule has 0 heterocycles. The van der Waals surface area contributed by atoms with E-state index in [-0.39, 0.29) is 13.2 Å². The number of rotatable bonds is 6. The molecule has 2 rings (SSSR count). The third-order valence-corrected chi connectivity index (χ3v) is 3.36. The zero-order valence-corrected chi connectivity index (χ0v) is 13.1. The van der Waals surface area contributed by atoms with Gasteiger partial charge in [0, 0.05) is 10.0 Å². The van der Waals surface area contributed by atoms with Crippen LogP contribution < -0.4 is 9.47 Å². The molecule has 0 saturated carbocycles. The number of benzene rings is 2. The number of aldehydes is 1. The van der Waals surface area contributed by atoms with Crippen molar-refractivity contribution in [2.75, 3.05) is 13.2 Å². The fraction of sp³-hybridized carbons (Fsp3) is 0.133. The Labute approximate surface area is 137 Å². The van der Waals surface area contributed by atoms with E-state index in [9.17, 15) is 4.79 Å². The molecular weight excluding hydrogens is 335 g/mol. The van der Waals surface area contributed by atoms with Crippen molar-refractivity contribution in [2.24, 2.45) is 0 Å². The van der Waals surface area contributed by atoms with E-state index in [4.69, 9.17) is 44.3 Å². The molecule has 110 valence electrons. The van der Waals surface area contributed by atoms with Gasteiger partial charge in [0.15, 0.2) is 6.29 Å². The SMILES string of the molecule is O=Cc1cc(Cl)ccc1OCCOc1ccc(Cl)cc1Cl. The van der Waals surface area contributed by atoms with Crippen molar-refractivity contribution in [3.05, 3.63) is 57.0 Å². The number of hydrogen-bond donors (Lipinski definition) is 0. The molecule has 0 bridgehead atoms. The lowest BCUT2D eigenvalue weighted by Gasteiger charge is -2.11. The first kappa shape index (κ1) is 16.0. The lowest BCUT2D eigenvalue weighted by molar-refractivity contribution is 0.111. The lowest BCUT2D eigenvalue weighted by Crippen LogP contribution is -2.10. The van der Waals surface area contributed by atoms with Crippen molar-refractivity contribution < 1.29 is 14.3 Å². The Kier molecular flexibility index (Phi) is 5.74. The maximum absolute atomic E-state index is 10.9. The van der Waals surface area contributed by atoms with Crippen LogP contribution in [0.4, 0.5) is 0 Å². The molecule has 0 radical (unpaired) electrons. The summed E-state index contributed by atoms with van der Waals surface area (Å²) in [5.74, 6) is 0.983. The van der Waals surface area contributed by atoms with Crippen molar-refractivity contribution in [3.8, 4) is 11.5 Å². The van der Waals surface area contributed by atoms with Gasteiger partial charge < -0.3 is 9.47 Å². The first-order chi connectivity index (χ1) is 10.1. The standard InChI is InChI=1S/C15H11Cl3O3/c16-11-1-3-14(10(7-11)9-19)20-5-6-21-15-4-2-12(17)8-13(15)18/h1-4,7-9H,5-6H2. The highest BCUT2D eigenvalue weighted by Crippen LogP contribution is 2.27. The first-order valence-electron chi connectivity index (χ1n) is 6.05. The second-order valence-electron chi connectivity index (χ2n) is 4.07. The molecule has 0 atom stereocenters. The summed E-state index contributed by atoms with van der Waals surface area (Å²) in [6.07, 6.45) is 0.693. The highest BCUT2D eigenvalue weighted by atomic mass is 35.5. The zero-order valence-electron chi connectivity index (χ0n) is 10.8. The van der Waals surface area contributed by atoms with E-state index in [0.29, 0.717) is 38.4 Å². The summed E-state index contributed by atoms with van der Waals surface area (Å²) >= 11 is 17.6. The Balaban J connectivity index is 1.89. The Morgan fingerprint density at radius 3 is 2.05 bits per heavy atom. The smallest absolute Gasteiger partial charge is 0.153 e. The fourth-order valence-corrected chi connectivity index (χ4v) is 2.28. The normalized spacial score (nSPS) is 10.2. The second-order valence-corrected chi connectivity index (χ2v) is 5.35. The van der Waals surface area contributed by atoms with Crippen molar-refractivity contribution in [3.63, 3.8) is 0 Å². The maximum atomic E-state index is 10.9. The second kappa shape index (κ2) is 7.55. The van der Waals surface area contributed by atoms with Crippen LogP contribution in [-0.4, -0.2) is 19.5 Å². The molecule has 0 aromatic heterocycles. The monoisotopic (exact) mass is 344 g/mol. The molecule has 0 aliphatic rings. The molecule has 0 fully saturated rings. The van der Waals surface area contributed by atoms with Crippen molar-refractivity contribution in [1.29, 1.82) is 0 Å². The molecule has 3 nitrogen and oxygen atoms in total. The molecule has 2 aromatic carbocycles. The average molecular weight is 346 g/mol. The number of ether oxygens (including phenoxy) is 2. The van der Waals surface area contributed by atoms with E-state index in [2.05, 4.69) is 0 Å². The van der Waals surface area contributed by atoms with Gasteiger partial charge in [0.1, 0.15) is 24.7 Å². The van der Waals surface area contributed by atoms with E-state index in [1.54, 1.807) is 36.4 Å². The minimum atomic E-state index is 0.265. The van der Waals surface area contributed by atoms with Crippen LogP contribution >= 0.6 is 34.8 Å². The van der Waals surface area contributed by atoms with E-state index in [0.717, 1.165) is 0 Å². The van der Waals surface area contributed by atoms with E-state index in [1.165, 1.54) is 0 Å². The third-order valence-electron chi connectivity index (χ3n) is 2.59. The van der Waals surface area contributed by atoms with Crippen molar-refractivity contribution in [1.82, 2.24) is 0 Å². The zero-order chi connectivity index (χ0) is 15.2. The summed E-state index contributed by atoms with van der Waals surface area (Å²) in [4.78, 5) is 10.9. The molecule has 0 aliphatic carbocycles. The van der Waals surface area contributed by atoms with Crippen LogP contribution in [0.1, 0.15) is 10.4 Å². The largest absolute Gasteiger partial charge is 0.489 e. The number of carbonyl (C=O) groups excluding carboxylic acids is 1. The van der Waals surface area contributed by atoms with Gasteiger partial charge in [0.05, 0.1) is 10.6 Å². The predicted octanol–water partition coefficient (Wildman–Crippen LogP) is 4.92. The Morgan fingerprint density at radius 1 is 0.857 bits per heavy atom. The van der Waals surface area contributed by atoms with Gasteiger partial charge in [-0.05, 0) is 36.4 Å². The molecule has 0 N–H and O–H groups in total. The van der Waals surface area contributed by atoms with Gasteiger partial charge in [-0.25, -0.2) is 0 Å². The molecule has 21 heavy (non-hydrogen) atoms. The Morgan fingerprint density at radius 2 is 1.43 bits per heavy atom. The van der Waals surface area contributed by atoms with Crippen LogP contribution in [0.5, 0.6) is 11.5 Å². The van der Waals surface area contributed by atoms with E-state index >= 15 is 0 Å². The molecule has 0 spiro atoms. The van der Waals surface area contributed by atoms with Gasteiger partial charge in [-0.3, -0.25) is 4.79 Å². The number of halogens is 3. The molecule has 2 aromatic rings. The molecule has 0 aliphatic heterocycles. The minimum absolute atomic E-state index is 0.265. The first-order valence-corrected chi connectivity index (χ1v) is 7.19. The van der Waals surface area contributed by atoms with Crippen molar-refractivity contribution >= 4 is 41.1 Å². The molecule has 6 heteroatoms. The topological polar surface area (TPSA) is 35.5 Å². The average Bonchev–Trinajstić information content (AvgIpc) is 2.46. The van der Waals surface area contributed by atoms with E-state index in [1.807, 2.05) is 0 Å². The summed E-state index contributed by atoms with van der Waals surface area (Å²) in [5.41, 5.74) is 0.395. The lowest BCUT2D eigenvalue weighted by atomic mass is 10.2. The predicted molar refractivity (Wildman–Crippen MR) is 84.3 cm³/mol. The van der Waals surface area contributed by atoms with Gasteiger partial charge in [-0.2, -0.15) is 0 Å². The number of carbonyl (C=O) groups is 1.